The summed E-state index contributed by atoms with van der Waals surface area (Å²) in [4.78, 5) is 8.63. The van der Waals surface area contributed by atoms with Crippen molar-refractivity contribution in [2.45, 2.75) is 0 Å². The van der Waals surface area contributed by atoms with Crippen molar-refractivity contribution < 1.29 is 14.2 Å². The van der Waals surface area contributed by atoms with E-state index in [1.807, 2.05) is 18.2 Å². The largest absolute Gasteiger partial charge is 0.493 e. The molecule has 0 aliphatic rings. The number of rotatable bonds is 5. The second-order valence-corrected chi connectivity index (χ2v) is 5.28. The van der Waals surface area contributed by atoms with Gasteiger partial charge in [0, 0.05) is 0 Å². The van der Waals surface area contributed by atoms with Crippen LogP contribution in [0.4, 0.5) is 11.5 Å². The molecule has 3 rings (SSSR count). The third-order valence-corrected chi connectivity index (χ3v) is 3.89. The maximum atomic E-state index is 6.21. The summed E-state index contributed by atoms with van der Waals surface area (Å²) in [6.07, 6.45) is 1.45. The molecule has 7 heteroatoms. The van der Waals surface area contributed by atoms with E-state index in [1.54, 1.807) is 33.5 Å². The lowest BCUT2D eigenvalue weighted by molar-refractivity contribution is 0.327. The van der Waals surface area contributed by atoms with Crippen LogP contribution in [0.3, 0.4) is 0 Å². The molecule has 0 amide bonds. The zero-order chi connectivity index (χ0) is 17.1. The molecule has 0 saturated heterocycles. The van der Waals surface area contributed by atoms with E-state index in [4.69, 9.17) is 25.8 Å². The smallest absolute Gasteiger partial charge is 0.205 e. The van der Waals surface area contributed by atoms with E-state index in [2.05, 4.69) is 15.3 Å². The number of hydrogen-bond acceptors (Lipinski definition) is 6. The number of aromatic nitrogens is 2. The van der Waals surface area contributed by atoms with Crippen molar-refractivity contribution >= 4 is 34.0 Å². The van der Waals surface area contributed by atoms with Crippen LogP contribution in [0.5, 0.6) is 17.2 Å². The predicted octanol–water partition coefficient (Wildman–Crippen LogP) is 4.05. The van der Waals surface area contributed by atoms with Gasteiger partial charge in [0.1, 0.15) is 17.7 Å². The van der Waals surface area contributed by atoms with Crippen molar-refractivity contribution in [2.24, 2.45) is 0 Å². The topological polar surface area (TPSA) is 65.5 Å². The van der Waals surface area contributed by atoms with Crippen LogP contribution >= 0.6 is 11.6 Å². The van der Waals surface area contributed by atoms with Crippen molar-refractivity contribution in [1.29, 1.82) is 0 Å². The summed E-state index contributed by atoms with van der Waals surface area (Å²) < 4.78 is 16.3. The van der Waals surface area contributed by atoms with Crippen molar-refractivity contribution in [3.63, 3.8) is 0 Å². The van der Waals surface area contributed by atoms with Gasteiger partial charge in [0.05, 0.1) is 37.4 Å². The molecule has 0 atom stereocenters. The molecular weight excluding hydrogens is 330 g/mol. The van der Waals surface area contributed by atoms with Gasteiger partial charge in [0.2, 0.25) is 5.75 Å². The number of benzene rings is 2. The van der Waals surface area contributed by atoms with E-state index in [1.165, 1.54) is 6.33 Å². The Morgan fingerprint density at radius 1 is 0.958 bits per heavy atom. The third-order valence-electron chi connectivity index (χ3n) is 3.56. The fourth-order valence-corrected chi connectivity index (χ4v) is 2.64. The summed E-state index contributed by atoms with van der Waals surface area (Å²) in [5.41, 5.74) is 1.35. The van der Waals surface area contributed by atoms with Gasteiger partial charge < -0.3 is 19.5 Å². The molecule has 0 radical (unpaired) electrons. The normalized spacial score (nSPS) is 10.5. The van der Waals surface area contributed by atoms with Gasteiger partial charge in [-0.15, -0.1) is 0 Å². The Kier molecular flexibility index (Phi) is 4.57. The van der Waals surface area contributed by atoms with Gasteiger partial charge in [-0.3, -0.25) is 0 Å². The van der Waals surface area contributed by atoms with Gasteiger partial charge in [-0.25, -0.2) is 9.97 Å². The molecule has 0 aliphatic heterocycles. The predicted molar refractivity (Wildman–Crippen MR) is 93.9 cm³/mol. The molecule has 0 bridgehead atoms. The van der Waals surface area contributed by atoms with Crippen molar-refractivity contribution in [3.05, 3.63) is 41.7 Å². The number of methoxy groups -OCH3 is 3. The molecule has 3 aromatic rings. The third kappa shape index (κ3) is 2.76. The summed E-state index contributed by atoms with van der Waals surface area (Å²) in [6.45, 7) is 0. The summed E-state index contributed by atoms with van der Waals surface area (Å²) in [6, 6.07) is 9.23. The van der Waals surface area contributed by atoms with Crippen LogP contribution in [0, 0.1) is 0 Å². The summed E-state index contributed by atoms with van der Waals surface area (Å²) in [5.74, 6) is 2.08. The molecular formula is C17H16ClN3O3. The summed E-state index contributed by atoms with van der Waals surface area (Å²) >= 11 is 6.21. The molecule has 6 nitrogen and oxygen atoms in total. The Bertz CT molecular complexity index is 886. The van der Waals surface area contributed by atoms with Gasteiger partial charge in [-0.2, -0.15) is 0 Å². The lowest BCUT2D eigenvalue weighted by atomic mass is 10.1. The molecule has 1 N–H and O–H groups in total. The van der Waals surface area contributed by atoms with Gasteiger partial charge in [0.25, 0.3) is 0 Å². The maximum Gasteiger partial charge on any atom is 0.205 e. The van der Waals surface area contributed by atoms with Crippen LogP contribution in [0.1, 0.15) is 0 Å². The monoisotopic (exact) mass is 345 g/mol. The Labute approximate surface area is 144 Å². The van der Waals surface area contributed by atoms with Crippen LogP contribution < -0.4 is 19.5 Å². The molecule has 2 aromatic carbocycles. The molecule has 0 spiro atoms. The molecule has 0 unspecified atom stereocenters. The Morgan fingerprint density at radius 2 is 1.71 bits per heavy atom. The number of ether oxygens (including phenoxy) is 3. The lowest BCUT2D eigenvalue weighted by Gasteiger charge is -2.16. The average Bonchev–Trinajstić information content (AvgIpc) is 2.62. The molecule has 124 valence electrons. The van der Waals surface area contributed by atoms with Gasteiger partial charge in [-0.1, -0.05) is 23.7 Å². The van der Waals surface area contributed by atoms with E-state index in [9.17, 15) is 0 Å². The standard InChI is InChI=1S/C17H16ClN3O3/c1-22-13-8-10-14(16(24-3)15(13)23-2)19-9-20-17(10)21-12-7-5-4-6-11(12)18/h4-9H,1-3H3,(H,19,20,21). The Morgan fingerprint density at radius 3 is 2.38 bits per heavy atom. The lowest BCUT2D eigenvalue weighted by Crippen LogP contribution is -2.01. The van der Waals surface area contributed by atoms with Crippen LogP contribution in [0.2, 0.25) is 5.02 Å². The van der Waals surface area contributed by atoms with Crippen LogP contribution in [-0.4, -0.2) is 31.3 Å². The first kappa shape index (κ1) is 16.1. The maximum absolute atomic E-state index is 6.21. The van der Waals surface area contributed by atoms with Gasteiger partial charge in [0.15, 0.2) is 11.5 Å². The minimum Gasteiger partial charge on any atom is -0.493 e. The number of para-hydroxylation sites is 1. The van der Waals surface area contributed by atoms with Crippen molar-refractivity contribution in [2.75, 3.05) is 26.6 Å². The van der Waals surface area contributed by atoms with Gasteiger partial charge >= 0.3 is 0 Å². The SMILES string of the molecule is COc1cc2c(Nc3ccccc3Cl)ncnc2c(OC)c1OC. The highest BCUT2D eigenvalue weighted by Crippen LogP contribution is 2.44. The Balaban J connectivity index is 2.21. The number of halogens is 1. The fraction of sp³-hybridized carbons (Fsp3) is 0.176. The number of anilines is 2. The number of fused-ring (bicyclic) bond motifs is 1. The van der Waals surface area contributed by atoms with E-state index in [-0.39, 0.29) is 0 Å². The highest BCUT2D eigenvalue weighted by molar-refractivity contribution is 6.33. The molecule has 24 heavy (non-hydrogen) atoms. The average molecular weight is 346 g/mol. The number of nitrogens with zero attached hydrogens (tertiary/aromatic N) is 2. The highest BCUT2D eigenvalue weighted by atomic mass is 35.5. The minimum atomic E-state index is 0.481. The zero-order valence-electron chi connectivity index (χ0n) is 13.5. The van der Waals surface area contributed by atoms with E-state index in [0.717, 1.165) is 11.1 Å². The van der Waals surface area contributed by atoms with E-state index < -0.39 is 0 Å². The van der Waals surface area contributed by atoms with Crippen molar-refractivity contribution in [1.82, 2.24) is 9.97 Å². The van der Waals surface area contributed by atoms with E-state index in [0.29, 0.717) is 33.6 Å². The Hall–Kier alpha value is -2.73. The molecule has 0 fully saturated rings. The first-order valence-electron chi connectivity index (χ1n) is 7.14. The first-order valence-corrected chi connectivity index (χ1v) is 7.52. The number of nitrogens with one attached hydrogen (secondary N) is 1. The molecule has 0 saturated carbocycles. The minimum absolute atomic E-state index is 0.481. The van der Waals surface area contributed by atoms with Crippen molar-refractivity contribution in [3.8, 4) is 17.2 Å². The molecule has 1 aromatic heterocycles. The van der Waals surface area contributed by atoms with E-state index >= 15 is 0 Å². The molecule has 1 heterocycles. The zero-order valence-corrected chi connectivity index (χ0v) is 14.2. The van der Waals surface area contributed by atoms with Crippen LogP contribution in [0.15, 0.2) is 36.7 Å². The van der Waals surface area contributed by atoms with Crippen LogP contribution in [-0.2, 0) is 0 Å². The molecule has 0 aliphatic carbocycles. The second-order valence-electron chi connectivity index (χ2n) is 4.87. The summed E-state index contributed by atoms with van der Waals surface area (Å²) in [5, 5.41) is 4.54. The first-order chi connectivity index (χ1) is 11.7. The van der Waals surface area contributed by atoms with Gasteiger partial charge in [-0.05, 0) is 18.2 Å². The quantitative estimate of drug-likeness (QED) is 0.752. The summed E-state index contributed by atoms with van der Waals surface area (Å²) in [7, 11) is 4.67. The number of hydrogen-bond donors (Lipinski definition) is 1. The highest BCUT2D eigenvalue weighted by Gasteiger charge is 2.19. The van der Waals surface area contributed by atoms with Crippen LogP contribution in [0.25, 0.3) is 10.9 Å². The fourth-order valence-electron chi connectivity index (χ4n) is 2.45. The second kappa shape index (κ2) is 6.80.